The first-order chi connectivity index (χ1) is 10.1. The zero-order chi connectivity index (χ0) is 15.2. The molecule has 1 unspecified atom stereocenters. The van der Waals surface area contributed by atoms with Crippen molar-refractivity contribution in [2.45, 2.75) is 38.8 Å². The molecule has 0 aliphatic carbocycles. The average Bonchev–Trinajstić information content (AvgIpc) is 2.47. The van der Waals surface area contributed by atoms with Crippen molar-refractivity contribution in [1.82, 2.24) is 4.98 Å². The highest BCUT2D eigenvalue weighted by atomic mass is 16.6. The molecule has 0 radical (unpaired) electrons. The van der Waals surface area contributed by atoms with Crippen LogP contribution < -0.4 is 5.32 Å². The standard InChI is InChI=1S/C15H19N3O3/c1-2-3-4-9-14(19)17-15-11-7-5-6-8-12(11)16-10-13(15)18(20)21/h5-8,10,14,19H,2-4,9H2,1H3,(H,16,17). The van der Waals surface area contributed by atoms with Crippen LogP contribution in [-0.4, -0.2) is 21.2 Å². The Morgan fingerprint density at radius 1 is 1.38 bits per heavy atom. The number of pyridine rings is 1. The molecule has 1 aromatic carbocycles. The van der Waals surface area contributed by atoms with E-state index in [0.29, 0.717) is 23.0 Å². The predicted molar refractivity (Wildman–Crippen MR) is 82.2 cm³/mol. The molecule has 0 aliphatic rings. The van der Waals surface area contributed by atoms with Gasteiger partial charge in [0.05, 0.1) is 10.4 Å². The maximum absolute atomic E-state index is 11.2. The van der Waals surface area contributed by atoms with Crippen LogP contribution in [0.5, 0.6) is 0 Å². The number of nitrogens with one attached hydrogen (secondary N) is 1. The number of nitro groups is 1. The third kappa shape index (κ3) is 3.66. The summed E-state index contributed by atoms with van der Waals surface area (Å²) in [5, 5.41) is 24.7. The normalized spacial score (nSPS) is 12.3. The van der Waals surface area contributed by atoms with E-state index in [4.69, 9.17) is 0 Å². The van der Waals surface area contributed by atoms with Crippen LogP contribution in [0, 0.1) is 10.1 Å². The SMILES string of the molecule is CCCCCC(O)Nc1c([N+](=O)[O-])cnc2ccccc12. The van der Waals surface area contributed by atoms with E-state index in [1.54, 1.807) is 18.2 Å². The molecule has 0 saturated carbocycles. The lowest BCUT2D eigenvalue weighted by Gasteiger charge is -2.15. The Hall–Kier alpha value is -2.21. The van der Waals surface area contributed by atoms with Gasteiger partial charge in [0.15, 0.2) is 0 Å². The largest absolute Gasteiger partial charge is 0.374 e. The summed E-state index contributed by atoms with van der Waals surface area (Å²) in [4.78, 5) is 14.7. The summed E-state index contributed by atoms with van der Waals surface area (Å²) in [6, 6.07) is 7.16. The summed E-state index contributed by atoms with van der Waals surface area (Å²) in [7, 11) is 0. The number of hydrogen-bond acceptors (Lipinski definition) is 5. The van der Waals surface area contributed by atoms with Gasteiger partial charge in [-0.05, 0) is 18.9 Å². The lowest BCUT2D eigenvalue weighted by atomic mass is 10.1. The summed E-state index contributed by atoms with van der Waals surface area (Å²) >= 11 is 0. The van der Waals surface area contributed by atoms with Crippen LogP contribution in [0.25, 0.3) is 10.9 Å². The Kier molecular flexibility index (Phi) is 5.05. The number of aromatic nitrogens is 1. The van der Waals surface area contributed by atoms with Gasteiger partial charge in [0.25, 0.3) is 0 Å². The first-order valence-electron chi connectivity index (χ1n) is 7.10. The van der Waals surface area contributed by atoms with Gasteiger partial charge >= 0.3 is 5.69 Å². The number of fused-ring (bicyclic) bond motifs is 1. The number of unbranched alkanes of at least 4 members (excludes halogenated alkanes) is 2. The van der Waals surface area contributed by atoms with Crippen molar-refractivity contribution in [3.05, 3.63) is 40.6 Å². The molecule has 112 valence electrons. The molecule has 2 aromatic rings. The van der Waals surface area contributed by atoms with E-state index in [0.717, 1.165) is 19.3 Å². The minimum Gasteiger partial charge on any atom is -0.374 e. The summed E-state index contributed by atoms with van der Waals surface area (Å²) < 4.78 is 0. The second-order valence-electron chi connectivity index (χ2n) is 4.95. The van der Waals surface area contributed by atoms with E-state index in [1.165, 1.54) is 6.20 Å². The number of hydrogen-bond donors (Lipinski definition) is 2. The van der Waals surface area contributed by atoms with Gasteiger partial charge in [-0.15, -0.1) is 0 Å². The Morgan fingerprint density at radius 2 is 2.14 bits per heavy atom. The van der Waals surface area contributed by atoms with Gasteiger partial charge in [-0.3, -0.25) is 10.1 Å². The highest BCUT2D eigenvalue weighted by Crippen LogP contribution is 2.32. The van der Waals surface area contributed by atoms with E-state index in [-0.39, 0.29) is 5.69 Å². The van der Waals surface area contributed by atoms with Crippen molar-refractivity contribution in [3.63, 3.8) is 0 Å². The molecule has 0 spiro atoms. The molecule has 0 fully saturated rings. The molecule has 2 rings (SSSR count). The molecule has 1 heterocycles. The van der Waals surface area contributed by atoms with Crippen LogP contribution in [0.4, 0.5) is 11.4 Å². The molecule has 0 amide bonds. The number of benzene rings is 1. The molecule has 6 nitrogen and oxygen atoms in total. The maximum Gasteiger partial charge on any atom is 0.311 e. The molecule has 21 heavy (non-hydrogen) atoms. The van der Waals surface area contributed by atoms with E-state index >= 15 is 0 Å². The quantitative estimate of drug-likeness (QED) is 0.353. The molecule has 1 aromatic heterocycles. The topological polar surface area (TPSA) is 88.3 Å². The first-order valence-corrected chi connectivity index (χ1v) is 7.10. The predicted octanol–water partition coefficient (Wildman–Crippen LogP) is 3.45. The number of nitrogens with zero attached hydrogens (tertiary/aromatic N) is 2. The minimum atomic E-state index is -0.805. The average molecular weight is 289 g/mol. The monoisotopic (exact) mass is 289 g/mol. The van der Waals surface area contributed by atoms with Crippen LogP contribution in [0.1, 0.15) is 32.6 Å². The highest BCUT2D eigenvalue weighted by Gasteiger charge is 2.19. The van der Waals surface area contributed by atoms with Crippen LogP contribution in [-0.2, 0) is 0 Å². The second kappa shape index (κ2) is 6.99. The highest BCUT2D eigenvalue weighted by molar-refractivity contribution is 5.95. The van der Waals surface area contributed by atoms with Crippen LogP contribution in [0.15, 0.2) is 30.5 Å². The Balaban J connectivity index is 2.31. The van der Waals surface area contributed by atoms with Crippen molar-refractivity contribution in [1.29, 1.82) is 0 Å². The Morgan fingerprint density at radius 3 is 2.86 bits per heavy atom. The molecule has 0 saturated heterocycles. The number of aliphatic hydroxyl groups is 1. The van der Waals surface area contributed by atoms with Crippen molar-refractivity contribution >= 4 is 22.3 Å². The van der Waals surface area contributed by atoms with E-state index in [9.17, 15) is 15.2 Å². The second-order valence-corrected chi connectivity index (χ2v) is 4.95. The number of para-hydroxylation sites is 1. The van der Waals surface area contributed by atoms with Gasteiger partial charge in [-0.25, -0.2) is 4.98 Å². The number of rotatable bonds is 7. The number of aliphatic hydroxyl groups excluding tert-OH is 1. The third-order valence-corrected chi connectivity index (χ3v) is 3.34. The van der Waals surface area contributed by atoms with Gasteiger partial charge in [-0.1, -0.05) is 38.0 Å². The van der Waals surface area contributed by atoms with E-state index < -0.39 is 11.2 Å². The lowest BCUT2D eigenvalue weighted by Crippen LogP contribution is -2.19. The number of anilines is 1. The Bertz CT molecular complexity index is 631. The lowest BCUT2D eigenvalue weighted by molar-refractivity contribution is -0.384. The third-order valence-electron chi connectivity index (χ3n) is 3.34. The fourth-order valence-corrected chi connectivity index (χ4v) is 2.25. The van der Waals surface area contributed by atoms with Gasteiger partial charge in [0, 0.05) is 5.39 Å². The summed E-state index contributed by atoms with van der Waals surface area (Å²) in [5.41, 5.74) is 0.865. The van der Waals surface area contributed by atoms with E-state index in [2.05, 4.69) is 17.2 Å². The molecule has 0 bridgehead atoms. The van der Waals surface area contributed by atoms with Crippen molar-refractivity contribution < 1.29 is 10.0 Å². The van der Waals surface area contributed by atoms with Crippen LogP contribution in [0.2, 0.25) is 0 Å². The molecule has 1 atom stereocenters. The minimum absolute atomic E-state index is 0.122. The molecule has 2 N–H and O–H groups in total. The molecule has 6 heteroatoms. The smallest absolute Gasteiger partial charge is 0.311 e. The summed E-state index contributed by atoms with van der Waals surface area (Å²) in [5.74, 6) is 0. The first kappa shape index (κ1) is 15.2. The molecule has 0 aliphatic heterocycles. The summed E-state index contributed by atoms with van der Waals surface area (Å²) in [6.45, 7) is 2.08. The Labute approximate surface area is 123 Å². The zero-order valence-corrected chi connectivity index (χ0v) is 12.0. The summed E-state index contributed by atoms with van der Waals surface area (Å²) in [6.07, 6.45) is 3.94. The van der Waals surface area contributed by atoms with Gasteiger partial charge in [-0.2, -0.15) is 0 Å². The fourth-order valence-electron chi connectivity index (χ4n) is 2.25. The fraction of sp³-hybridized carbons (Fsp3) is 0.400. The van der Waals surface area contributed by atoms with Gasteiger partial charge in [0.1, 0.15) is 18.1 Å². The maximum atomic E-state index is 11.2. The van der Waals surface area contributed by atoms with Gasteiger partial charge < -0.3 is 10.4 Å². The van der Waals surface area contributed by atoms with Crippen LogP contribution >= 0.6 is 0 Å². The zero-order valence-electron chi connectivity index (χ0n) is 12.0. The molecular formula is C15H19N3O3. The van der Waals surface area contributed by atoms with Crippen molar-refractivity contribution in [3.8, 4) is 0 Å². The van der Waals surface area contributed by atoms with E-state index in [1.807, 2.05) is 6.07 Å². The van der Waals surface area contributed by atoms with Crippen molar-refractivity contribution in [2.75, 3.05) is 5.32 Å². The van der Waals surface area contributed by atoms with Crippen molar-refractivity contribution in [2.24, 2.45) is 0 Å². The molecular weight excluding hydrogens is 270 g/mol. The van der Waals surface area contributed by atoms with Crippen LogP contribution in [0.3, 0.4) is 0 Å². The van der Waals surface area contributed by atoms with Gasteiger partial charge in [0.2, 0.25) is 0 Å².